The molecule has 0 aliphatic carbocycles. The summed E-state index contributed by atoms with van der Waals surface area (Å²) < 4.78 is 16.3. The minimum atomic E-state index is -0.388. The van der Waals surface area contributed by atoms with Gasteiger partial charge in [-0.25, -0.2) is 9.37 Å². The third kappa shape index (κ3) is 3.04. The van der Waals surface area contributed by atoms with Crippen molar-refractivity contribution >= 4 is 22.6 Å². The van der Waals surface area contributed by atoms with Crippen LogP contribution in [0, 0.1) is 19.7 Å². The summed E-state index contributed by atoms with van der Waals surface area (Å²) in [4.78, 5) is 19.7. The van der Waals surface area contributed by atoms with E-state index in [0.29, 0.717) is 22.0 Å². The molecule has 0 aliphatic heterocycles. The molecule has 4 aromatic rings. The standard InChI is InChI=1S/C21H17ClFN3O/c1-12-9-18-19(10-13(12)2)26(11-15-16(22)6-3-7-17(15)23)20(25-18)14-5-4-8-24-21(14)27/h3-10H,11H2,1-2H3,(H,24,27). The van der Waals surface area contributed by atoms with Crippen LogP contribution in [-0.4, -0.2) is 14.5 Å². The zero-order valence-corrected chi connectivity index (χ0v) is 15.6. The first-order chi connectivity index (χ1) is 13.0. The summed E-state index contributed by atoms with van der Waals surface area (Å²) in [6, 6.07) is 12.0. The molecule has 4 nitrogen and oxygen atoms in total. The molecule has 0 atom stereocenters. The van der Waals surface area contributed by atoms with Gasteiger partial charge in [0.15, 0.2) is 0 Å². The third-order valence-electron chi connectivity index (χ3n) is 4.80. The molecule has 0 amide bonds. The van der Waals surface area contributed by atoms with E-state index in [9.17, 15) is 9.18 Å². The summed E-state index contributed by atoms with van der Waals surface area (Å²) >= 11 is 6.24. The summed E-state index contributed by atoms with van der Waals surface area (Å²) in [5, 5.41) is 0.341. The molecule has 27 heavy (non-hydrogen) atoms. The van der Waals surface area contributed by atoms with E-state index in [1.165, 1.54) is 6.07 Å². The van der Waals surface area contributed by atoms with Gasteiger partial charge in [0.2, 0.25) is 0 Å². The molecule has 2 aromatic carbocycles. The second kappa shape index (κ2) is 6.67. The van der Waals surface area contributed by atoms with Crippen LogP contribution in [0.25, 0.3) is 22.4 Å². The van der Waals surface area contributed by atoms with Gasteiger partial charge in [0.05, 0.1) is 23.1 Å². The summed E-state index contributed by atoms with van der Waals surface area (Å²) in [7, 11) is 0. The Morgan fingerprint density at radius 3 is 2.67 bits per heavy atom. The van der Waals surface area contributed by atoms with Crippen LogP contribution in [0.1, 0.15) is 16.7 Å². The van der Waals surface area contributed by atoms with Crippen LogP contribution in [-0.2, 0) is 6.54 Å². The number of halogens is 2. The Bertz CT molecular complexity index is 1210. The second-order valence-corrected chi connectivity index (χ2v) is 6.97. The number of imidazole rings is 1. The zero-order chi connectivity index (χ0) is 19.1. The Kier molecular flexibility index (Phi) is 4.32. The average Bonchev–Trinajstić information content (AvgIpc) is 2.96. The molecule has 0 bridgehead atoms. The number of benzene rings is 2. The van der Waals surface area contributed by atoms with Gasteiger partial charge in [-0.3, -0.25) is 4.79 Å². The molecule has 0 radical (unpaired) electrons. The van der Waals surface area contributed by atoms with E-state index in [1.54, 1.807) is 30.5 Å². The van der Waals surface area contributed by atoms with E-state index in [-0.39, 0.29) is 17.9 Å². The van der Waals surface area contributed by atoms with Gasteiger partial charge in [0.1, 0.15) is 11.6 Å². The summed E-state index contributed by atoms with van der Waals surface area (Å²) in [6.07, 6.45) is 1.57. The number of rotatable bonds is 3. The van der Waals surface area contributed by atoms with Crippen molar-refractivity contribution in [1.29, 1.82) is 0 Å². The fraction of sp³-hybridized carbons (Fsp3) is 0.143. The molecule has 2 aromatic heterocycles. The highest BCUT2D eigenvalue weighted by Gasteiger charge is 2.18. The van der Waals surface area contributed by atoms with Gasteiger partial charge in [-0.05, 0) is 61.4 Å². The first kappa shape index (κ1) is 17.5. The van der Waals surface area contributed by atoms with Gasteiger partial charge in [0.25, 0.3) is 5.56 Å². The van der Waals surface area contributed by atoms with Crippen LogP contribution in [0.2, 0.25) is 5.02 Å². The molecule has 0 saturated carbocycles. The minimum Gasteiger partial charge on any atom is -0.328 e. The maximum atomic E-state index is 14.4. The number of H-pyrrole nitrogens is 1. The summed E-state index contributed by atoms with van der Waals surface area (Å²) in [5.41, 5.74) is 4.32. The number of aryl methyl sites for hydroxylation is 2. The summed E-state index contributed by atoms with van der Waals surface area (Å²) in [6.45, 7) is 4.20. The molecule has 0 spiro atoms. The molecular weight excluding hydrogens is 365 g/mol. The largest absolute Gasteiger partial charge is 0.328 e. The van der Waals surface area contributed by atoms with Crippen molar-refractivity contribution in [2.24, 2.45) is 0 Å². The van der Waals surface area contributed by atoms with E-state index in [4.69, 9.17) is 11.6 Å². The van der Waals surface area contributed by atoms with Crippen LogP contribution in [0.4, 0.5) is 4.39 Å². The number of aromatic nitrogens is 3. The molecular formula is C21H17ClFN3O. The van der Waals surface area contributed by atoms with E-state index >= 15 is 0 Å². The number of nitrogens with one attached hydrogen (secondary N) is 1. The Morgan fingerprint density at radius 2 is 1.93 bits per heavy atom. The minimum absolute atomic E-state index is 0.175. The number of pyridine rings is 1. The van der Waals surface area contributed by atoms with E-state index < -0.39 is 0 Å². The number of hydrogen-bond acceptors (Lipinski definition) is 2. The number of hydrogen-bond donors (Lipinski definition) is 1. The smallest absolute Gasteiger partial charge is 0.258 e. The van der Waals surface area contributed by atoms with Crippen LogP contribution < -0.4 is 5.56 Å². The zero-order valence-electron chi connectivity index (χ0n) is 14.9. The summed E-state index contributed by atoms with van der Waals surface area (Å²) in [5.74, 6) is 0.0947. The first-order valence-electron chi connectivity index (χ1n) is 8.54. The highest BCUT2D eigenvalue weighted by Crippen LogP contribution is 2.29. The van der Waals surface area contributed by atoms with Gasteiger partial charge in [0, 0.05) is 16.8 Å². The maximum absolute atomic E-state index is 14.4. The number of fused-ring (bicyclic) bond motifs is 1. The molecule has 2 heterocycles. The van der Waals surface area contributed by atoms with Gasteiger partial charge < -0.3 is 9.55 Å². The van der Waals surface area contributed by atoms with Gasteiger partial charge >= 0.3 is 0 Å². The molecule has 0 fully saturated rings. The molecule has 6 heteroatoms. The lowest BCUT2D eigenvalue weighted by Gasteiger charge is -2.12. The monoisotopic (exact) mass is 381 g/mol. The molecule has 0 saturated heterocycles. The van der Waals surface area contributed by atoms with Crippen molar-refractivity contribution in [1.82, 2.24) is 14.5 Å². The average molecular weight is 382 g/mol. The van der Waals surface area contributed by atoms with Crippen molar-refractivity contribution in [3.8, 4) is 11.4 Å². The molecule has 4 rings (SSSR count). The lowest BCUT2D eigenvalue weighted by Crippen LogP contribution is -2.12. The van der Waals surface area contributed by atoms with Crippen LogP contribution >= 0.6 is 11.6 Å². The molecule has 136 valence electrons. The Morgan fingerprint density at radius 1 is 1.15 bits per heavy atom. The first-order valence-corrected chi connectivity index (χ1v) is 8.92. The molecule has 1 N–H and O–H groups in total. The van der Waals surface area contributed by atoms with Crippen molar-refractivity contribution in [2.75, 3.05) is 0 Å². The van der Waals surface area contributed by atoms with Crippen molar-refractivity contribution in [3.05, 3.63) is 86.5 Å². The van der Waals surface area contributed by atoms with E-state index in [1.807, 2.05) is 30.5 Å². The number of aromatic amines is 1. The van der Waals surface area contributed by atoms with Gasteiger partial charge in [-0.1, -0.05) is 17.7 Å². The van der Waals surface area contributed by atoms with Gasteiger partial charge in [-0.2, -0.15) is 0 Å². The van der Waals surface area contributed by atoms with E-state index in [0.717, 1.165) is 22.2 Å². The fourth-order valence-electron chi connectivity index (χ4n) is 3.18. The molecule has 0 aliphatic rings. The Balaban J connectivity index is 2.02. The lowest BCUT2D eigenvalue weighted by molar-refractivity contribution is 0.602. The Hall–Kier alpha value is -2.92. The van der Waals surface area contributed by atoms with Crippen LogP contribution in [0.3, 0.4) is 0 Å². The lowest BCUT2D eigenvalue weighted by atomic mass is 10.1. The van der Waals surface area contributed by atoms with Gasteiger partial charge in [-0.15, -0.1) is 0 Å². The molecule has 0 unspecified atom stereocenters. The highest BCUT2D eigenvalue weighted by molar-refractivity contribution is 6.31. The van der Waals surface area contributed by atoms with Crippen LogP contribution in [0.5, 0.6) is 0 Å². The third-order valence-corrected chi connectivity index (χ3v) is 5.15. The quantitative estimate of drug-likeness (QED) is 0.551. The predicted octanol–water partition coefficient (Wildman–Crippen LogP) is 4.85. The number of nitrogens with zero attached hydrogens (tertiary/aromatic N) is 2. The second-order valence-electron chi connectivity index (χ2n) is 6.56. The topological polar surface area (TPSA) is 50.7 Å². The maximum Gasteiger partial charge on any atom is 0.258 e. The predicted molar refractivity (Wildman–Crippen MR) is 106 cm³/mol. The SMILES string of the molecule is Cc1cc2nc(-c3ccc[nH]c3=O)n(Cc3c(F)cccc3Cl)c2cc1C. The fourth-order valence-corrected chi connectivity index (χ4v) is 3.41. The highest BCUT2D eigenvalue weighted by atomic mass is 35.5. The normalized spacial score (nSPS) is 11.3. The van der Waals surface area contributed by atoms with Crippen LogP contribution in [0.15, 0.2) is 53.5 Å². The van der Waals surface area contributed by atoms with Crippen molar-refractivity contribution in [3.63, 3.8) is 0 Å². The Labute approximate surface area is 160 Å². The van der Waals surface area contributed by atoms with Crippen molar-refractivity contribution < 1.29 is 4.39 Å². The van der Waals surface area contributed by atoms with Crippen molar-refractivity contribution in [2.45, 2.75) is 20.4 Å². The van der Waals surface area contributed by atoms with E-state index in [2.05, 4.69) is 9.97 Å².